The van der Waals surface area contributed by atoms with Gasteiger partial charge in [0.1, 0.15) is 23.0 Å². The Morgan fingerprint density at radius 1 is 0.903 bits per heavy atom. The van der Waals surface area contributed by atoms with Gasteiger partial charge in [0, 0.05) is 16.7 Å². The molecule has 0 amide bonds. The van der Waals surface area contributed by atoms with E-state index in [1.165, 1.54) is 6.26 Å². The van der Waals surface area contributed by atoms with E-state index in [1.54, 1.807) is 50.6 Å². The van der Waals surface area contributed by atoms with Gasteiger partial charge < -0.3 is 23.4 Å². The molecule has 154 valence electrons. The van der Waals surface area contributed by atoms with Crippen LogP contribution in [-0.2, 0) is 9.53 Å². The van der Waals surface area contributed by atoms with Gasteiger partial charge in [0.2, 0.25) is 0 Å². The number of carbonyl (C=O) groups is 1. The van der Waals surface area contributed by atoms with Crippen LogP contribution >= 0.6 is 0 Å². The average molecular weight is 415 g/mol. The number of methoxy groups -OCH3 is 2. The van der Waals surface area contributed by atoms with Gasteiger partial charge in [-0.25, -0.2) is 9.79 Å². The number of ether oxygens (including phenoxy) is 4. The number of cyclic esters (lactones) is 1. The number of allylic oxidation sites excluding steroid dienone is 2. The first-order valence-corrected chi connectivity index (χ1v) is 9.47. The lowest BCUT2D eigenvalue weighted by Gasteiger charge is -2.21. The van der Waals surface area contributed by atoms with Crippen molar-refractivity contribution in [1.82, 2.24) is 0 Å². The summed E-state index contributed by atoms with van der Waals surface area (Å²) in [6.45, 7) is 0. The summed E-state index contributed by atoms with van der Waals surface area (Å²) >= 11 is 0. The van der Waals surface area contributed by atoms with Crippen LogP contribution in [0.3, 0.4) is 0 Å². The molecule has 3 aromatic rings. The Labute approximate surface area is 177 Å². The van der Waals surface area contributed by atoms with Crippen molar-refractivity contribution in [3.8, 4) is 17.2 Å². The number of furan rings is 1. The molecule has 7 nitrogen and oxygen atoms in total. The van der Waals surface area contributed by atoms with Gasteiger partial charge in [-0.3, -0.25) is 0 Å². The first-order valence-electron chi connectivity index (χ1n) is 9.47. The maximum absolute atomic E-state index is 12.7. The molecule has 0 radical (unpaired) electrons. The van der Waals surface area contributed by atoms with Crippen molar-refractivity contribution in [3.63, 3.8) is 0 Å². The molecule has 2 aromatic carbocycles. The van der Waals surface area contributed by atoms with E-state index in [-0.39, 0.29) is 11.6 Å². The van der Waals surface area contributed by atoms with Crippen LogP contribution in [0.1, 0.15) is 16.9 Å². The molecule has 0 spiro atoms. The molecule has 0 N–H and O–H groups in total. The van der Waals surface area contributed by atoms with Crippen LogP contribution in [0.5, 0.6) is 17.2 Å². The van der Waals surface area contributed by atoms with Crippen LogP contribution in [0, 0.1) is 0 Å². The minimum atomic E-state index is -0.567. The van der Waals surface area contributed by atoms with E-state index in [2.05, 4.69) is 4.99 Å². The van der Waals surface area contributed by atoms with Gasteiger partial charge in [-0.15, -0.1) is 0 Å². The lowest BCUT2D eigenvalue weighted by Crippen LogP contribution is -2.08. The number of rotatable bonds is 4. The number of aliphatic imine (C=N–C) groups is 1. The Kier molecular flexibility index (Phi) is 4.55. The number of carbonyl (C=O) groups excluding carboxylic acids is 1. The number of fused-ring (bicyclic) bond motifs is 1. The molecule has 0 fully saturated rings. The molecular weight excluding hydrogens is 398 g/mol. The van der Waals surface area contributed by atoms with Crippen LogP contribution < -0.4 is 14.2 Å². The third-order valence-electron chi connectivity index (χ3n) is 4.93. The largest absolute Gasteiger partial charge is 0.497 e. The number of benzene rings is 2. The van der Waals surface area contributed by atoms with Crippen molar-refractivity contribution in [2.45, 2.75) is 0 Å². The molecule has 2 aliphatic rings. The van der Waals surface area contributed by atoms with Crippen molar-refractivity contribution in [2.24, 2.45) is 4.99 Å². The van der Waals surface area contributed by atoms with Crippen molar-refractivity contribution in [3.05, 3.63) is 89.5 Å². The molecule has 31 heavy (non-hydrogen) atoms. The summed E-state index contributed by atoms with van der Waals surface area (Å²) < 4.78 is 27.4. The lowest BCUT2D eigenvalue weighted by atomic mass is 9.97. The molecule has 5 rings (SSSR count). The van der Waals surface area contributed by atoms with E-state index in [9.17, 15) is 4.79 Å². The van der Waals surface area contributed by atoms with E-state index in [4.69, 9.17) is 23.4 Å². The standard InChI is InChI=1S/C24H17NO6/c1-27-15-7-5-14(6-8-15)21-13-18(17-12-16(28-2)9-10-19(17)30-21)22-24(26)31-23(25-22)20-4-3-11-29-20/h3-13H,1-2H3. The quantitative estimate of drug-likeness (QED) is 0.463. The fourth-order valence-corrected chi connectivity index (χ4v) is 3.37. The van der Waals surface area contributed by atoms with Crippen molar-refractivity contribution in [2.75, 3.05) is 14.2 Å². The summed E-state index contributed by atoms with van der Waals surface area (Å²) in [4.78, 5) is 17.1. The third-order valence-corrected chi connectivity index (χ3v) is 4.93. The van der Waals surface area contributed by atoms with Crippen molar-refractivity contribution < 1.29 is 28.2 Å². The Hall–Kier alpha value is -4.26. The Bertz CT molecular complexity index is 1250. The van der Waals surface area contributed by atoms with Crippen LogP contribution in [0.4, 0.5) is 0 Å². The summed E-state index contributed by atoms with van der Waals surface area (Å²) in [6, 6.07) is 16.2. The normalized spacial score (nSPS) is 17.3. The minimum Gasteiger partial charge on any atom is -0.497 e. The third kappa shape index (κ3) is 3.36. The predicted octanol–water partition coefficient (Wildman–Crippen LogP) is 4.45. The Morgan fingerprint density at radius 2 is 1.68 bits per heavy atom. The van der Waals surface area contributed by atoms with E-state index >= 15 is 0 Å². The van der Waals surface area contributed by atoms with E-state index in [0.717, 1.165) is 11.3 Å². The number of hydrogen-bond acceptors (Lipinski definition) is 7. The first-order chi connectivity index (χ1) is 15.2. The molecule has 0 unspecified atom stereocenters. The summed E-state index contributed by atoms with van der Waals surface area (Å²) in [6.07, 6.45) is 3.27. The molecule has 0 atom stereocenters. The SMILES string of the molecule is COc1ccc(C2=CC(=C3N=C(c4ccco4)OC3=O)c3cc(OC)ccc3O2)cc1. The van der Waals surface area contributed by atoms with E-state index < -0.39 is 5.97 Å². The molecule has 0 bridgehead atoms. The van der Waals surface area contributed by atoms with Gasteiger partial charge in [-0.1, -0.05) is 0 Å². The lowest BCUT2D eigenvalue weighted by molar-refractivity contribution is -0.130. The highest BCUT2D eigenvalue weighted by molar-refractivity contribution is 6.15. The van der Waals surface area contributed by atoms with Crippen LogP contribution in [0.15, 0.2) is 82.0 Å². The van der Waals surface area contributed by atoms with Crippen molar-refractivity contribution >= 4 is 23.2 Å². The van der Waals surface area contributed by atoms with Crippen LogP contribution in [0.25, 0.3) is 11.3 Å². The number of nitrogens with zero attached hydrogens (tertiary/aromatic N) is 1. The van der Waals surface area contributed by atoms with Crippen LogP contribution in [-0.4, -0.2) is 26.1 Å². The van der Waals surface area contributed by atoms with Gasteiger partial charge in [-0.05, 0) is 60.7 Å². The zero-order chi connectivity index (χ0) is 21.4. The molecule has 0 saturated heterocycles. The number of esters is 1. The summed E-state index contributed by atoms with van der Waals surface area (Å²) in [7, 11) is 3.19. The Balaban J connectivity index is 1.68. The van der Waals surface area contributed by atoms with E-state index in [1.807, 2.05) is 24.3 Å². The summed E-state index contributed by atoms with van der Waals surface area (Å²) in [5.74, 6) is 2.43. The first kappa shape index (κ1) is 18.7. The highest BCUT2D eigenvalue weighted by atomic mass is 16.6. The zero-order valence-corrected chi connectivity index (χ0v) is 16.7. The molecule has 0 saturated carbocycles. The summed E-state index contributed by atoms with van der Waals surface area (Å²) in [5.41, 5.74) is 2.22. The zero-order valence-electron chi connectivity index (χ0n) is 16.7. The Morgan fingerprint density at radius 3 is 2.39 bits per heavy atom. The average Bonchev–Trinajstić information content (AvgIpc) is 3.48. The highest BCUT2D eigenvalue weighted by Gasteiger charge is 2.32. The fraction of sp³-hybridized carbons (Fsp3) is 0.0833. The fourth-order valence-electron chi connectivity index (χ4n) is 3.37. The second kappa shape index (κ2) is 7.53. The molecule has 3 heterocycles. The second-order valence-corrected chi connectivity index (χ2v) is 6.75. The summed E-state index contributed by atoms with van der Waals surface area (Å²) in [5, 5.41) is 0. The van der Waals surface area contributed by atoms with Crippen LogP contribution in [0.2, 0.25) is 0 Å². The monoisotopic (exact) mass is 415 g/mol. The van der Waals surface area contributed by atoms with Gasteiger partial charge in [-0.2, -0.15) is 0 Å². The molecule has 7 heteroatoms. The van der Waals surface area contributed by atoms with E-state index in [0.29, 0.717) is 34.2 Å². The molecule has 1 aromatic heterocycles. The maximum Gasteiger partial charge on any atom is 0.364 e. The van der Waals surface area contributed by atoms with Gasteiger partial charge in [0.05, 0.1) is 20.5 Å². The van der Waals surface area contributed by atoms with Gasteiger partial charge in [0.25, 0.3) is 5.90 Å². The second-order valence-electron chi connectivity index (χ2n) is 6.75. The van der Waals surface area contributed by atoms with Gasteiger partial charge in [0.15, 0.2) is 11.5 Å². The highest BCUT2D eigenvalue weighted by Crippen LogP contribution is 2.41. The topological polar surface area (TPSA) is 79.5 Å². The van der Waals surface area contributed by atoms with Gasteiger partial charge >= 0.3 is 5.97 Å². The predicted molar refractivity (Wildman–Crippen MR) is 113 cm³/mol. The maximum atomic E-state index is 12.7. The number of hydrogen-bond donors (Lipinski definition) is 0. The molecule has 2 aliphatic heterocycles. The smallest absolute Gasteiger partial charge is 0.364 e. The molecular formula is C24H17NO6. The minimum absolute atomic E-state index is 0.118. The molecule has 0 aliphatic carbocycles. The van der Waals surface area contributed by atoms with Crippen molar-refractivity contribution in [1.29, 1.82) is 0 Å².